The van der Waals surface area contributed by atoms with Gasteiger partial charge in [-0.25, -0.2) is 0 Å². The number of anilines is 1. The quantitative estimate of drug-likeness (QED) is 0.812. The summed E-state index contributed by atoms with van der Waals surface area (Å²) in [7, 11) is 0. The first-order chi connectivity index (χ1) is 10.1. The lowest BCUT2D eigenvalue weighted by molar-refractivity contribution is -0.306. The molecule has 1 amide bonds. The Hall–Kier alpha value is -2.53. The van der Waals surface area contributed by atoms with E-state index in [1.165, 1.54) is 6.07 Å². The smallest absolute Gasteiger partial charge is 0.251 e. The molecule has 0 aromatic heterocycles. The van der Waals surface area contributed by atoms with Crippen LogP contribution < -0.4 is 16.2 Å². The third-order valence-electron chi connectivity index (χ3n) is 3.03. The molecule has 2 aromatic rings. The molecule has 0 heterocycles. The first kappa shape index (κ1) is 17.5. The van der Waals surface area contributed by atoms with Gasteiger partial charge >= 0.3 is 0 Å². The minimum Gasteiger partial charge on any atom is -0.550 e. The summed E-state index contributed by atoms with van der Waals surface area (Å²) in [6.45, 7) is 0. The van der Waals surface area contributed by atoms with Crippen LogP contribution >= 0.6 is 12.4 Å². The average Bonchev–Trinajstić information content (AvgIpc) is 2.47. The lowest BCUT2D eigenvalue weighted by Gasteiger charge is -2.20. The number of nitrogens with one attached hydrogen (secondary N) is 1. The van der Waals surface area contributed by atoms with E-state index in [-0.39, 0.29) is 24.7 Å². The molecule has 116 valence electrons. The van der Waals surface area contributed by atoms with E-state index in [2.05, 4.69) is 5.32 Å². The van der Waals surface area contributed by atoms with Gasteiger partial charge in [0.1, 0.15) is 0 Å². The molecule has 0 saturated heterocycles. The van der Waals surface area contributed by atoms with Crippen molar-refractivity contribution in [3.8, 4) is 0 Å². The number of nitrogen functional groups attached to an aromatic ring is 1. The summed E-state index contributed by atoms with van der Waals surface area (Å²) in [6, 6.07) is 14.7. The minimum absolute atomic E-state index is 0. The number of carbonyl (C=O) groups excluding carboxylic acids is 2. The molecule has 2 rings (SSSR count). The van der Waals surface area contributed by atoms with Gasteiger partial charge in [-0.3, -0.25) is 4.79 Å². The molecule has 5 nitrogen and oxygen atoms in total. The number of halogens is 1. The number of amides is 1. The summed E-state index contributed by atoms with van der Waals surface area (Å²) in [5, 5.41) is 13.6. The molecule has 2 aromatic carbocycles. The molecule has 0 aliphatic carbocycles. The number of hydrogen-bond donors (Lipinski definition) is 2. The Bertz CT molecular complexity index is 647. The predicted molar refractivity (Wildman–Crippen MR) is 84.4 cm³/mol. The van der Waals surface area contributed by atoms with Gasteiger partial charge in [0.05, 0.1) is 6.04 Å². The largest absolute Gasteiger partial charge is 0.550 e. The molecule has 0 fully saturated rings. The highest BCUT2D eigenvalue weighted by molar-refractivity contribution is 5.95. The van der Waals surface area contributed by atoms with Crippen LogP contribution in [0, 0.1) is 0 Å². The van der Waals surface area contributed by atoms with E-state index >= 15 is 0 Å². The fraction of sp³-hybridized carbons (Fsp3) is 0.125. The molecule has 22 heavy (non-hydrogen) atoms. The van der Waals surface area contributed by atoms with E-state index in [1.807, 2.05) is 6.07 Å². The monoisotopic (exact) mass is 319 g/mol. The van der Waals surface area contributed by atoms with Crippen LogP contribution in [0.3, 0.4) is 0 Å². The van der Waals surface area contributed by atoms with Crippen molar-refractivity contribution in [2.75, 3.05) is 5.73 Å². The summed E-state index contributed by atoms with van der Waals surface area (Å²) >= 11 is 0. The SMILES string of the molecule is Cl.Nc1cccc(C(=O)NC(CC(=O)[O-])c2ccccc2)c1. The summed E-state index contributed by atoms with van der Waals surface area (Å²) in [6.07, 6.45) is -0.294. The van der Waals surface area contributed by atoms with Gasteiger partial charge in [0, 0.05) is 23.6 Å². The number of hydrogen-bond acceptors (Lipinski definition) is 4. The second kappa shape index (κ2) is 8.05. The summed E-state index contributed by atoms with van der Waals surface area (Å²) < 4.78 is 0. The van der Waals surface area contributed by atoms with Gasteiger partial charge in [-0.15, -0.1) is 12.4 Å². The van der Waals surface area contributed by atoms with Crippen molar-refractivity contribution in [2.45, 2.75) is 12.5 Å². The van der Waals surface area contributed by atoms with Gasteiger partial charge < -0.3 is 21.0 Å². The Morgan fingerprint density at radius 3 is 2.36 bits per heavy atom. The van der Waals surface area contributed by atoms with Crippen LogP contribution in [0.1, 0.15) is 28.4 Å². The Labute approximate surface area is 134 Å². The maximum Gasteiger partial charge on any atom is 0.251 e. The highest BCUT2D eigenvalue weighted by Crippen LogP contribution is 2.17. The van der Waals surface area contributed by atoms with Crippen LogP contribution in [-0.4, -0.2) is 11.9 Å². The second-order valence-electron chi connectivity index (χ2n) is 4.64. The first-order valence-corrected chi connectivity index (χ1v) is 6.47. The molecule has 0 spiro atoms. The summed E-state index contributed by atoms with van der Waals surface area (Å²) in [5.74, 6) is -1.60. The fourth-order valence-corrected chi connectivity index (χ4v) is 2.03. The number of carboxylic acids is 1. The van der Waals surface area contributed by atoms with Crippen molar-refractivity contribution in [2.24, 2.45) is 0 Å². The van der Waals surface area contributed by atoms with Gasteiger partial charge in [0.2, 0.25) is 0 Å². The summed E-state index contributed by atoms with van der Waals surface area (Å²) in [4.78, 5) is 23.1. The molecular weight excluding hydrogens is 304 g/mol. The third-order valence-corrected chi connectivity index (χ3v) is 3.03. The van der Waals surface area contributed by atoms with Gasteiger partial charge in [-0.1, -0.05) is 36.4 Å². The number of aliphatic carboxylic acids is 1. The van der Waals surface area contributed by atoms with E-state index in [0.29, 0.717) is 16.8 Å². The van der Waals surface area contributed by atoms with Crippen molar-refractivity contribution in [3.05, 3.63) is 65.7 Å². The Morgan fingerprint density at radius 2 is 1.77 bits per heavy atom. The zero-order valence-electron chi connectivity index (χ0n) is 11.7. The van der Waals surface area contributed by atoms with Crippen molar-refractivity contribution in [1.29, 1.82) is 0 Å². The van der Waals surface area contributed by atoms with Gasteiger partial charge in [0.25, 0.3) is 5.91 Å². The molecule has 0 aliphatic rings. The minimum atomic E-state index is -1.23. The van der Waals surface area contributed by atoms with Crippen LogP contribution in [-0.2, 0) is 4.79 Å². The van der Waals surface area contributed by atoms with E-state index in [0.717, 1.165) is 0 Å². The van der Waals surface area contributed by atoms with Crippen LogP contribution in [0.15, 0.2) is 54.6 Å². The Balaban J connectivity index is 0.00000242. The molecular formula is C16H16ClN2O3-. The van der Waals surface area contributed by atoms with Gasteiger partial charge in [-0.2, -0.15) is 0 Å². The highest BCUT2D eigenvalue weighted by atomic mass is 35.5. The first-order valence-electron chi connectivity index (χ1n) is 6.47. The van der Waals surface area contributed by atoms with E-state index in [9.17, 15) is 14.7 Å². The second-order valence-corrected chi connectivity index (χ2v) is 4.64. The standard InChI is InChI=1S/C16H16N2O3.ClH/c17-13-8-4-7-12(9-13)16(21)18-14(10-15(19)20)11-5-2-1-3-6-11;/h1-9,14H,10,17H2,(H,18,21)(H,19,20);1H/p-1. The summed E-state index contributed by atoms with van der Waals surface area (Å²) in [5.41, 5.74) is 7.20. The highest BCUT2D eigenvalue weighted by Gasteiger charge is 2.16. The van der Waals surface area contributed by atoms with Crippen LogP contribution in [0.4, 0.5) is 5.69 Å². The van der Waals surface area contributed by atoms with E-state index in [1.54, 1.807) is 42.5 Å². The number of rotatable bonds is 5. The van der Waals surface area contributed by atoms with Crippen molar-refractivity contribution < 1.29 is 14.7 Å². The molecule has 1 atom stereocenters. The molecule has 0 aliphatic heterocycles. The fourth-order valence-electron chi connectivity index (χ4n) is 2.03. The van der Waals surface area contributed by atoms with Gasteiger partial charge in [-0.05, 0) is 23.8 Å². The normalized spacial score (nSPS) is 11.1. The van der Waals surface area contributed by atoms with Crippen LogP contribution in [0.5, 0.6) is 0 Å². The molecule has 0 saturated carbocycles. The van der Waals surface area contributed by atoms with Crippen molar-refractivity contribution in [1.82, 2.24) is 5.32 Å². The Kier molecular flexibility index (Phi) is 6.41. The number of carbonyl (C=O) groups is 2. The lowest BCUT2D eigenvalue weighted by atomic mass is 10.0. The predicted octanol–water partition coefficient (Wildman–Crippen LogP) is 1.30. The van der Waals surface area contributed by atoms with Crippen molar-refractivity contribution >= 4 is 30.0 Å². The third kappa shape index (κ3) is 4.79. The zero-order valence-corrected chi connectivity index (χ0v) is 12.5. The average molecular weight is 320 g/mol. The number of benzene rings is 2. The van der Waals surface area contributed by atoms with Gasteiger partial charge in [0.15, 0.2) is 0 Å². The number of nitrogens with two attached hydrogens (primary N) is 1. The molecule has 0 radical (unpaired) electrons. The van der Waals surface area contributed by atoms with Crippen LogP contribution in [0.2, 0.25) is 0 Å². The Morgan fingerprint density at radius 1 is 1.09 bits per heavy atom. The molecule has 0 bridgehead atoms. The zero-order chi connectivity index (χ0) is 15.2. The molecule has 6 heteroatoms. The maximum absolute atomic E-state index is 12.2. The maximum atomic E-state index is 12.2. The van der Waals surface area contributed by atoms with Crippen LogP contribution in [0.25, 0.3) is 0 Å². The lowest BCUT2D eigenvalue weighted by Crippen LogP contribution is -2.34. The number of carboxylic acid groups (broad SMARTS) is 1. The molecule has 3 N–H and O–H groups in total. The van der Waals surface area contributed by atoms with E-state index in [4.69, 9.17) is 5.73 Å². The van der Waals surface area contributed by atoms with E-state index < -0.39 is 12.0 Å². The topological polar surface area (TPSA) is 95.2 Å². The molecule has 1 unspecified atom stereocenters. The van der Waals surface area contributed by atoms with Crippen molar-refractivity contribution in [3.63, 3.8) is 0 Å².